The van der Waals surface area contributed by atoms with Gasteiger partial charge >= 0.3 is 0 Å². The third kappa shape index (κ3) is 4.69. The minimum atomic E-state index is 0.405. The van der Waals surface area contributed by atoms with Crippen LogP contribution in [0.25, 0.3) is 0 Å². The molecule has 1 N–H and O–H groups in total. The average molecular weight is 284 g/mol. The van der Waals surface area contributed by atoms with Gasteiger partial charge in [0.25, 0.3) is 0 Å². The van der Waals surface area contributed by atoms with Crippen LogP contribution in [-0.2, 0) is 9.47 Å². The maximum Gasteiger partial charge on any atom is 0.0595 e. The monoisotopic (exact) mass is 284 g/mol. The van der Waals surface area contributed by atoms with Crippen LogP contribution in [0.4, 0.5) is 0 Å². The Balaban J connectivity index is 1.87. The van der Waals surface area contributed by atoms with Crippen molar-refractivity contribution < 1.29 is 9.47 Å². The van der Waals surface area contributed by atoms with Gasteiger partial charge < -0.3 is 19.7 Å². The van der Waals surface area contributed by atoms with E-state index in [9.17, 15) is 0 Å². The van der Waals surface area contributed by atoms with Gasteiger partial charge in [-0.3, -0.25) is 0 Å². The molecule has 0 aliphatic carbocycles. The summed E-state index contributed by atoms with van der Waals surface area (Å²) in [6, 6.07) is 0.564. The fourth-order valence-electron chi connectivity index (χ4n) is 3.39. The first kappa shape index (κ1) is 16.2. The lowest BCUT2D eigenvalue weighted by Gasteiger charge is -2.43. The summed E-state index contributed by atoms with van der Waals surface area (Å²) in [4.78, 5) is 2.64. The van der Waals surface area contributed by atoms with Gasteiger partial charge in [-0.25, -0.2) is 0 Å². The van der Waals surface area contributed by atoms with Gasteiger partial charge in [-0.05, 0) is 31.1 Å². The highest BCUT2D eigenvalue weighted by Crippen LogP contribution is 2.32. The van der Waals surface area contributed by atoms with Crippen molar-refractivity contribution in [1.82, 2.24) is 10.2 Å². The van der Waals surface area contributed by atoms with Gasteiger partial charge in [0.15, 0.2) is 0 Å². The third-order valence-corrected chi connectivity index (χ3v) is 4.87. The minimum absolute atomic E-state index is 0.405. The van der Waals surface area contributed by atoms with Gasteiger partial charge in [-0.15, -0.1) is 0 Å². The summed E-state index contributed by atoms with van der Waals surface area (Å²) in [6.07, 6.45) is 5.22. The molecule has 2 heterocycles. The summed E-state index contributed by atoms with van der Waals surface area (Å²) in [6.45, 7) is 11.0. The van der Waals surface area contributed by atoms with Crippen molar-refractivity contribution in [1.29, 1.82) is 0 Å². The van der Waals surface area contributed by atoms with E-state index in [0.29, 0.717) is 17.6 Å². The normalized spacial score (nSPS) is 25.2. The van der Waals surface area contributed by atoms with Crippen LogP contribution in [0.1, 0.15) is 39.5 Å². The SMILES string of the molecule is COC1CCN(CC2(CNC(C)C)CCOCC2)CC1. The molecule has 20 heavy (non-hydrogen) atoms. The Kier molecular flexibility index (Phi) is 6.27. The number of methoxy groups -OCH3 is 1. The average Bonchev–Trinajstić information content (AvgIpc) is 2.47. The molecule has 4 nitrogen and oxygen atoms in total. The first-order chi connectivity index (χ1) is 9.63. The summed E-state index contributed by atoms with van der Waals surface area (Å²) >= 11 is 0. The molecular formula is C16H32N2O2. The number of ether oxygens (including phenoxy) is 2. The van der Waals surface area contributed by atoms with E-state index in [1.807, 2.05) is 7.11 Å². The largest absolute Gasteiger partial charge is 0.381 e. The quantitative estimate of drug-likeness (QED) is 0.807. The molecule has 0 unspecified atom stereocenters. The summed E-state index contributed by atoms with van der Waals surface area (Å²) < 4.78 is 11.1. The van der Waals surface area contributed by atoms with Crippen molar-refractivity contribution in [3.8, 4) is 0 Å². The van der Waals surface area contributed by atoms with Crippen LogP contribution in [0, 0.1) is 5.41 Å². The van der Waals surface area contributed by atoms with E-state index in [1.165, 1.54) is 45.3 Å². The molecule has 0 aromatic carbocycles. The van der Waals surface area contributed by atoms with E-state index in [0.717, 1.165) is 19.8 Å². The number of nitrogens with one attached hydrogen (secondary N) is 1. The molecule has 118 valence electrons. The Morgan fingerprint density at radius 2 is 1.90 bits per heavy atom. The second-order valence-corrected chi connectivity index (χ2v) is 6.86. The molecule has 2 saturated heterocycles. The van der Waals surface area contributed by atoms with E-state index < -0.39 is 0 Å². The summed E-state index contributed by atoms with van der Waals surface area (Å²) in [7, 11) is 1.84. The molecule has 0 aromatic rings. The van der Waals surface area contributed by atoms with E-state index in [-0.39, 0.29) is 0 Å². The lowest BCUT2D eigenvalue weighted by molar-refractivity contribution is -0.0213. The van der Waals surface area contributed by atoms with Crippen molar-refractivity contribution in [3.63, 3.8) is 0 Å². The lowest BCUT2D eigenvalue weighted by Crippen LogP contribution is -2.50. The van der Waals surface area contributed by atoms with Crippen LogP contribution in [0.2, 0.25) is 0 Å². The Labute approximate surface area is 124 Å². The van der Waals surface area contributed by atoms with E-state index in [1.54, 1.807) is 0 Å². The Bertz CT molecular complexity index is 270. The molecular weight excluding hydrogens is 252 g/mol. The van der Waals surface area contributed by atoms with Crippen LogP contribution < -0.4 is 5.32 Å². The van der Waals surface area contributed by atoms with Gasteiger partial charge in [0.2, 0.25) is 0 Å². The Hall–Kier alpha value is -0.160. The number of likely N-dealkylation sites (tertiary alicyclic amines) is 1. The lowest BCUT2D eigenvalue weighted by atomic mass is 9.79. The molecule has 0 aromatic heterocycles. The van der Waals surface area contributed by atoms with Crippen molar-refractivity contribution >= 4 is 0 Å². The molecule has 0 atom stereocenters. The van der Waals surface area contributed by atoms with Gasteiger partial charge in [-0.1, -0.05) is 13.8 Å². The second-order valence-electron chi connectivity index (χ2n) is 6.86. The Morgan fingerprint density at radius 3 is 2.45 bits per heavy atom. The molecule has 0 radical (unpaired) electrons. The molecule has 4 heteroatoms. The molecule has 0 saturated carbocycles. The maximum absolute atomic E-state index is 5.59. The van der Waals surface area contributed by atoms with Crippen molar-refractivity contribution in [3.05, 3.63) is 0 Å². The van der Waals surface area contributed by atoms with E-state index in [4.69, 9.17) is 9.47 Å². The van der Waals surface area contributed by atoms with Crippen LogP contribution in [0.5, 0.6) is 0 Å². The first-order valence-electron chi connectivity index (χ1n) is 8.20. The minimum Gasteiger partial charge on any atom is -0.381 e. The number of rotatable bonds is 6. The predicted molar refractivity (Wildman–Crippen MR) is 82.1 cm³/mol. The van der Waals surface area contributed by atoms with Crippen molar-refractivity contribution in [2.75, 3.05) is 46.5 Å². The summed E-state index contributed by atoms with van der Waals surface area (Å²) in [5, 5.41) is 3.66. The summed E-state index contributed by atoms with van der Waals surface area (Å²) in [5.74, 6) is 0. The molecule has 2 aliphatic rings. The highest BCUT2D eigenvalue weighted by Gasteiger charge is 2.35. The van der Waals surface area contributed by atoms with Crippen LogP contribution in [-0.4, -0.2) is 63.5 Å². The fourth-order valence-corrected chi connectivity index (χ4v) is 3.39. The highest BCUT2D eigenvalue weighted by molar-refractivity contribution is 4.89. The van der Waals surface area contributed by atoms with E-state index >= 15 is 0 Å². The van der Waals surface area contributed by atoms with Gasteiger partial charge in [0, 0.05) is 52.5 Å². The van der Waals surface area contributed by atoms with Crippen LogP contribution in [0.15, 0.2) is 0 Å². The van der Waals surface area contributed by atoms with Gasteiger partial charge in [0.1, 0.15) is 0 Å². The topological polar surface area (TPSA) is 33.7 Å². The first-order valence-corrected chi connectivity index (χ1v) is 8.20. The van der Waals surface area contributed by atoms with Crippen LogP contribution in [0.3, 0.4) is 0 Å². The Morgan fingerprint density at radius 1 is 1.25 bits per heavy atom. The predicted octanol–water partition coefficient (Wildman–Crippen LogP) is 1.89. The number of hydrogen-bond donors (Lipinski definition) is 1. The van der Waals surface area contributed by atoms with Crippen molar-refractivity contribution in [2.24, 2.45) is 5.41 Å². The number of nitrogens with zero attached hydrogens (tertiary/aromatic N) is 1. The maximum atomic E-state index is 5.59. The molecule has 2 aliphatic heterocycles. The zero-order valence-corrected chi connectivity index (χ0v) is 13.5. The molecule has 0 bridgehead atoms. The zero-order chi connectivity index (χ0) is 14.4. The van der Waals surface area contributed by atoms with Crippen LogP contribution >= 0.6 is 0 Å². The second kappa shape index (κ2) is 7.74. The molecule has 0 amide bonds. The summed E-state index contributed by atoms with van der Waals surface area (Å²) in [5.41, 5.74) is 0.405. The van der Waals surface area contributed by atoms with Crippen molar-refractivity contribution in [2.45, 2.75) is 51.7 Å². The molecule has 2 rings (SSSR count). The fraction of sp³-hybridized carbons (Fsp3) is 1.00. The highest BCUT2D eigenvalue weighted by atomic mass is 16.5. The smallest absolute Gasteiger partial charge is 0.0595 e. The zero-order valence-electron chi connectivity index (χ0n) is 13.5. The third-order valence-electron chi connectivity index (χ3n) is 4.87. The van der Waals surface area contributed by atoms with E-state index in [2.05, 4.69) is 24.1 Å². The van der Waals surface area contributed by atoms with Gasteiger partial charge in [0.05, 0.1) is 6.10 Å². The van der Waals surface area contributed by atoms with Gasteiger partial charge in [-0.2, -0.15) is 0 Å². The molecule has 0 spiro atoms. The molecule has 2 fully saturated rings. The number of piperidine rings is 1. The standard InChI is InChI=1S/C16H32N2O2/c1-14(2)17-12-16(6-10-20-11-7-16)13-18-8-4-15(19-3)5-9-18/h14-15,17H,4-13H2,1-3H3. The number of hydrogen-bond acceptors (Lipinski definition) is 4.